The smallest absolute Gasteiger partial charge is 0.221 e. The van der Waals surface area contributed by atoms with Gasteiger partial charge in [-0.15, -0.1) is 11.6 Å². The van der Waals surface area contributed by atoms with E-state index in [2.05, 4.69) is 5.32 Å². The quantitative estimate of drug-likeness (QED) is 0.780. The van der Waals surface area contributed by atoms with Gasteiger partial charge in [-0.05, 0) is 24.1 Å². The Hall–Kier alpha value is -1.28. The Morgan fingerprint density at radius 2 is 2.33 bits per heavy atom. The van der Waals surface area contributed by atoms with Crippen molar-refractivity contribution in [1.29, 1.82) is 0 Å². The van der Waals surface area contributed by atoms with Gasteiger partial charge in [0.15, 0.2) is 0 Å². The number of allylic oxidation sites excluding steroid dienone is 1. The number of rotatable bonds is 4. The first-order valence-electron chi connectivity index (χ1n) is 4.82. The molecule has 80 valence electrons. The fourth-order valence-electron chi connectivity index (χ4n) is 1.21. The Kier molecular flexibility index (Phi) is 4.91. The first kappa shape index (κ1) is 11.8. The highest BCUT2D eigenvalue weighted by Gasteiger charge is 1.94. The molecule has 1 aromatic rings. The second-order valence-electron chi connectivity index (χ2n) is 3.19. The zero-order chi connectivity index (χ0) is 11.1. The lowest BCUT2D eigenvalue weighted by Crippen LogP contribution is -2.05. The van der Waals surface area contributed by atoms with Crippen LogP contribution in [0.1, 0.15) is 18.9 Å². The van der Waals surface area contributed by atoms with Crippen LogP contribution in [0.5, 0.6) is 0 Å². The molecule has 0 bridgehead atoms. The van der Waals surface area contributed by atoms with E-state index in [0.717, 1.165) is 17.7 Å². The number of amides is 1. The fourth-order valence-corrected chi connectivity index (χ4v) is 1.33. The molecular formula is C12H14ClNO. The van der Waals surface area contributed by atoms with Crippen molar-refractivity contribution >= 4 is 29.3 Å². The molecule has 0 heterocycles. The molecule has 3 heteroatoms. The summed E-state index contributed by atoms with van der Waals surface area (Å²) in [5.74, 6) is 0.568. The minimum atomic E-state index is -0.0584. The summed E-state index contributed by atoms with van der Waals surface area (Å²) in [6, 6.07) is 7.67. The van der Waals surface area contributed by atoms with Crippen LogP contribution in [0.15, 0.2) is 30.3 Å². The second-order valence-corrected chi connectivity index (χ2v) is 3.56. The molecule has 0 spiro atoms. The molecule has 0 aliphatic heterocycles. The molecule has 1 amide bonds. The summed E-state index contributed by atoms with van der Waals surface area (Å²) in [6.07, 6.45) is 4.86. The van der Waals surface area contributed by atoms with E-state index in [1.807, 2.05) is 36.4 Å². The summed E-state index contributed by atoms with van der Waals surface area (Å²) in [6.45, 7) is 1.50. The van der Waals surface area contributed by atoms with E-state index < -0.39 is 0 Å². The molecule has 0 unspecified atom stereocenters. The first-order chi connectivity index (χ1) is 7.22. The Morgan fingerprint density at radius 1 is 1.53 bits per heavy atom. The molecule has 0 saturated heterocycles. The van der Waals surface area contributed by atoms with Gasteiger partial charge in [0, 0.05) is 18.5 Å². The van der Waals surface area contributed by atoms with E-state index in [1.54, 1.807) is 0 Å². The second kappa shape index (κ2) is 6.25. The van der Waals surface area contributed by atoms with Gasteiger partial charge in [-0.1, -0.05) is 24.3 Å². The molecule has 1 N–H and O–H groups in total. The predicted molar refractivity (Wildman–Crippen MR) is 65.1 cm³/mol. The van der Waals surface area contributed by atoms with Crippen LogP contribution in [0.2, 0.25) is 0 Å². The van der Waals surface area contributed by atoms with Gasteiger partial charge in [0.2, 0.25) is 5.91 Å². The number of carbonyl (C=O) groups excluding carboxylic acids is 1. The highest BCUT2D eigenvalue weighted by Crippen LogP contribution is 2.12. The summed E-state index contributed by atoms with van der Waals surface area (Å²) in [5.41, 5.74) is 1.88. The van der Waals surface area contributed by atoms with Gasteiger partial charge in [0.1, 0.15) is 0 Å². The van der Waals surface area contributed by atoms with E-state index in [1.165, 1.54) is 6.92 Å². The molecule has 15 heavy (non-hydrogen) atoms. The molecule has 0 atom stereocenters. The maximum atomic E-state index is 10.8. The number of alkyl halides is 1. The van der Waals surface area contributed by atoms with Crippen LogP contribution in [-0.4, -0.2) is 11.8 Å². The minimum absolute atomic E-state index is 0.0584. The molecule has 0 aliphatic rings. The van der Waals surface area contributed by atoms with Crippen LogP contribution in [0, 0.1) is 0 Å². The van der Waals surface area contributed by atoms with Crippen molar-refractivity contribution in [3.63, 3.8) is 0 Å². The number of nitrogens with one attached hydrogen (secondary N) is 1. The lowest BCUT2D eigenvalue weighted by atomic mass is 10.2. The van der Waals surface area contributed by atoms with Gasteiger partial charge in [0.25, 0.3) is 0 Å². The van der Waals surface area contributed by atoms with Crippen molar-refractivity contribution in [1.82, 2.24) is 0 Å². The van der Waals surface area contributed by atoms with Crippen LogP contribution in [0.3, 0.4) is 0 Å². The molecule has 1 aromatic carbocycles. The number of carbonyl (C=O) groups is 1. The van der Waals surface area contributed by atoms with Gasteiger partial charge in [-0.3, -0.25) is 4.79 Å². The molecular weight excluding hydrogens is 210 g/mol. The maximum absolute atomic E-state index is 10.8. The van der Waals surface area contributed by atoms with Crippen molar-refractivity contribution in [2.24, 2.45) is 0 Å². The van der Waals surface area contributed by atoms with E-state index in [0.29, 0.717) is 5.88 Å². The Labute approximate surface area is 94.9 Å². The van der Waals surface area contributed by atoms with Crippen molar-refractivity contribution < 1.29 is 4.79 Å². The minimum Gasteiger partial charge on any atom is -0.326 e. The van der Waals surface area contributed by atoms with Crippen LogP contribution in [0.25, 0.3) is 6.08 Å². The number of anilines is 1. The van der Waals surface area contributed by atoms with Crippen LogP contribution < -0.4 is 5.32 Å². The molecule has 1 rings (SSSR count). The summed E-state index contributed by atoms with van der Waals surface area (Å²) >= 11 is 5.56. The number of halogens is 1. The third kappa shape index (κ3) is 4.66. The SMILES string of the molecule is CC(=O)Nc1cccc(C=CCCCl)c1. The highest BCUT2D eigenvalue weighted by atomic mass is 35.5. The van der Waals surface area contributed by atoms with Gasteiger partial charge >= 0.3 is 0 Å². The molecule has 0 aliphatic carbocycles. The number of benzene rings is 1. The lowest BCUT2D eigenvalue weighted by Gasteiger charge is -2.02. The summed E-state index contributed by atoms with van der Waals surface area (Å²) in [5, 5.41) is 2.74. The molecule has 0 fully saturated rings. The summed E-state index contributed by atoms with van der Waals surface area (Å²) in [4.78, 5) is 10.8. The number of hydrogen-bond donors (Lipinski definition) is 1. The van der Waals surface area contributed by atoms with E-state index in [4.69, 9.17) is 11.6 Å². The maximum Gasteiger partial charge on any atom is 0.221 e. The van der Waals surface area contributed by atoms with Gasteiger partial charge in [-0.2, -0.15) is 0 Å². The van der Waals surface area contributed by atoms with Crippen molar-refractivity contribution in [2.75, 3.05) is 11.2 Å². The van der Waals surface area contributed by atoms with E-state index in [9.17, 15) is 4.79 Å². The van der Waals surface area contributed by atoms with Crippen LogP contribution >= 0.6 is 11.6 Å². The summed E-state index contributed by atoms with van der Waals surface area (Å²) in [7, 11) is 0. The average molecular weight is 224 g/mol. The molecule has 0 aromatic heterocycles. The zero-order valence-corrected chi connectivity index (χ0v) is 9.42. The Morgan fingerprint density at radius 3 is 3.00 bits per heavy atom. The van der Waals surface area contributed by atoms with Gasteiger partial charge in [0.05, 0.1) is 0 Å². The van der Waals surface area contributed by atoms with Crippen molar-refractivity contribution in [2.45, 2.75) is 13.3 Å². The lowest BCUT2D eigenvalue weighted by molar-refractivity contribution is -0.114. The topological polar surface area (TPSA) is 29.1 Å². The van der Waals surface area contributed by atoms with Crippen molar-refractivity contribution in [3.05, 3.63) is 35.9 Å². The zero-order valence-electron chi connectivity index (χ0n) is 8.66. The third-order valence-electron chi connectivity index (χ3n) is 1.79. The van der Waals surface area contributed by atoms with Crippen molar-refractivity contribution in [3.8, 4) is 0 Å². The third-order valence-corrected chi connectivity index (χ3v) is 2.01. The monoisotopic (exact) mass is 223 g/mol. The molecule has 0 saturated carbocycles. The van der Waals surface area contributed by atoms with Gasteiger partial charge < -0.3 is 5.32 Å². The average Bonchev–Trinajstić information content (AvgIpc) is 2.18. The van der Waals surface area contributed by atoms with E-state index in [-0.39, 0.29) is 5.91 Å². The first-order valence-corrected chi connectivity index (χ1v) is 5.36. The normalized spacial score (nSPS) is 10.5. The predicted octanol–water partition coefficient (Wildman–Crippen LogP) is 3.29. The van der Waals surface area contributed by atoms with Gasteiger partial charge in [-0.25, -0.2) is 0 Å². The Balaban J connectivity index is 2.69. The summed E-state index contributed by atoms with van der Waals surface area (Å²) < 4.78 is 0. The van der Waals surface area contributed by atoms with E-state index >= 15 is 0 Å². The number of hydrogen-bond acceptors (Lipinski definition) is 1. The molecule has 0 radical (unpaired) electrons. The van der Waals surface area contributed by atoms with Crippen LogP contribution in [-0.2, 0) is 4.79 Å². The highest BCUT2D eigenvalue weighted by molar-refractivity contribution is 6.17. The van der Waals surface area contributed by atoms with Crippen LogP contribution in [0.4, 0.5) is 5.69 Å². The largest absolute Gasteiger partial charge is 0.326 e. The Bertz CT molecular complexity index is 360. The standard InChI is InChI=1S/C12H14ClNO/c1-10(15)14-12-7-4-6-11(9-12)5-2-3-8-13/h2,4-7,9H,3,8H2,1H3,(H,14,15). The fraction of sp³-hybridized carbons (Fsp3) is 0.250. The molecule has 2 nitrogen and oxygen atoms in total.